The highest BCUT2D eigenvalue weighted by molar-refractivity contribution is 6.28. The van der Waals surface area contributed by atoms with Crippen LogP contribution < -0.4 is 15.5 Å². The maximum Gasteiger partial charge on any atom is 0.259 e. The molecule has 224 valence electrons. The lowest BCUT2D eigenvalue weighted by molar-refractivity contribution is -0.147. The van der Waals surface area contributed by atoms with Crippen LogP contribution in [-0.4, -0.2) is 51.3 Å². The molecule has 8 rings (SSSR count). The van der Waals surface area contributed by atoms with Crippen molar-refractivity contribution >= 4 is 56.6 Å². The highest BCUT2D eigenvalue weighted by atomic mass is 16.2. The number of hydrogen-bond acceptors (Lipinski definition) is 5. The zero-order chi connectivity index (χ0) is 30.2. The molecule has 2 aromatic carbocycles. The van der Waals surface area contributed by atoms with Crippen LogP contribution in [-0.2, 0) is 9.59 Å². The van der Waals surface area contributed by atoms with Crippen LogP contribution in [0.15, 0.2) is 67.1 Å². The zero-order valence-corrected chi connectivity index (χ0v) is 24.9. The van der Waals surface area contributed by atoms with Crippen LogP contribution in [0.5, 0.6) is 0 Å². The van der Waals surface area contributed by atoms with Crippen LogP contribution in [0.4, 0.5) is 17.1 Å². The first-order valence-corrected chi connectivity index (χ1v) is 15.7. The maximum absolute atomic E-state index is 13.6. The van der Waals surface area contributed by atoms with Crippen LogP contribution >= 0.6 is 0 Å². The van der Waals surface area contributed by atoms with Crippen LogP contribution in [0.25, 0.3) is 21.8 Å². The molecular weight excluding hydrogens is 552 g/mol. The lowest BCUT2D eigenvalue weighted by Gasteiger charge is -2.43. The second-order valence-electron chi connectivity index (χ2n) is 13.1. The van der Waals surface area contributed by atoms with Crippen molar-refractivity contribution in [1.29, 1.82) is 0 Å². The fourth-order valence-electron chi connectivity index (χ4n) is 7.69. The van der Waals surface area contributed by atoms with E-state index in [4.69, 9.17) is 4.98 Å². The van der Waals surface area contributed by atoms with Crippen molar-refractivity contribution in [3.05, 3.63) is 72.7 Å². The topological polar surface area (TPSA) is 99.6 Å². The molecule has 0 radical (unpaired) electrons. The molecule has 44 heavy (non-hydrogen) atoms. The molecule has 0 spiro atoms. The number of nitrogens with zero attached hydrogens (tertiary/aromatic N) is 4. The van der Waals surface area contributed by atoms with Crippen LogP contribution in [0.2, 0.25) is 0 Å². The lowest BCUT2D eigenvalue weighted by atomic mass is 9.69. The first-order chi connectivity index (χ1) is 21.3. The number of likely N-dealkylation sites (tertiary alicyclic amines) is 1. The molecule has 4 aliphatic rings. The van der Waals surface area contributed by atoms with Gasteiger partial charge in [-0.25, -0.2) is 4.98 Å². The molecule has 9 nitrogen and oxygen atoms in total. The summed E-state index contributed by atoms with van der Waals surface area (Å²) in [7, 11) is 0. The number of anilines is 3. The van der Waals surface area contributed by atoms with Gasteiger partial charge in [0.15, 0.2) is 0 Å². The molecular formula is C35H36N6O3. The minimum atomic E-state index is -0.565. The molecule has 3 aliphatic heterocycles. The molecule has 2 N–H and O–H groups in total. The summed E-state index contributed by atoms with van der Waals surface area (Å²) >= 11 is 0. The molecule has 1 aliphatic carbocycles. The smallest absolute Gasteiger partial charge is 0.259 e. The quantitative estimate of drug-likeness (QED) is 0.296. The van der Waals surface area contributed by atoms with Gasteiger partial charge in [0.2, 0.25) is 11.8 Å². The van der Waals surface area contributed by atoms with E-state index in [1.54, 1.807) is 4.90 Å². The first-order valence-electron chi connectivity index (χ1n) is 15.7. The normalized spacial score (nSPS) is 21.6. The molecule has 3 amide bonds. The average Bonchev–Trinajstić information content (AvgIpc) is 3.53. The van der Waals surface area contributed by atoms with Gasteiger partial charge in [-0.15, -0.1) is 0 Å². The third kappa shape index (κ3) is 4.05. The Hall–Kier alpha value is -4.66. The Balaban J connectivity index is 1.10. The van der Waals surface area contributed by atoms with E-state index in [1.807, 2.05) is 42.6 Å². The predicted octanol–water partition coefficient (Wildman–Crippen LogP) is 6.04. The number of fused-ring (bicyclic) bond motifs is 1. The van der Waals surface area contributed by atoms with Gasteiger partial charge < -0.3 is 20.1 Å². The number of benzene rings is 2. The van der Waals surface area contributed by atoms with Gasteiger partial charge in [-0.05, 0) is 68.9 Å². The van der Waals surface area contributed by atoms with Crippen LogP contribution in [0.1, 0.15) is 68.3 Å². The zero-order valence-electron chi connectivity index (χ0n) is 24.9. The van der Waals surface area contributed by atoms with E-state index in [1.165, 1.54) is 0 Å². The van der Waals surface area contributed by atoms with Crippen molar-refractivity contribution in [1.82, 2.24) is 19.8 Å². The third-order valence-corrected chi connectivity index (χ3v) is 10.3. The highest BCUT2D eigenvalue weighted by Gasteiger charge is 2.43. The minimum absolute atomic E-state index is 0.146. The van der Waals surface area contributed by atoms with E-state index in [0.29, 0.717) is 30.0 Å². The first kappa shape index (κ1) is 26.9. The van der Waals surface area contributed by atoms with Gasteiger partial charge in [0, 0.05) is 70.0 Å². The standard InChI is InChI=1S/C35H36N6O3/c1-21-9-11-29(32(42)37-21)41-28-12-10-26(23-6-3-7-25(30(23)28)33(41)43)38-27-20-40(31-24(27)8-4-17-36-31)22-13-18-39(19-14-22)34(44)35(2)15-5-16-35/h3-4,6-8,10,12,17,20,22,29,38H,1,5,9,11,13-16,18-19H2,2H3,(H,37,42). The van der Waals surface area contributed by atoms with E-state index in [9.17, 15) is 14.4 Å². The number of carbonyl (C=O) groups excluding carboxylic acids is 3. The number of piperidine rings is 2. The van der Waals surface area contributed by atoms with Crippen molar-refractivity contribution in [2.45, 2.75) is 64.0 Å². The second kappa shape index (κ2) is 9.94. The molecule has 3 fully saturated rings. The van der Waals surface area contributed by atoms with Crippen molar-refractivity contribution in [3.63, 3.8) is 0 Å². The van der Waals surface area contributed by atoms with Crippen molar-refractivity contribution < 1.29 is 14.4 Å². The molecule has 1 saturated carbocycles. The van der Waals surface area contributed by atoms with Gasteiger partial charge >= 0.3 is 0 Å². The average molecular weight is 589 g/mol. The fourth-order valence-corrected chi connectivity index (χ4v) is 7.69. The maximum atomic E-state index is 13.6. The van der Waals surface area contributed by atoms with E-state index in [-0.39, 0.29) is 23.3 Å². The van der Waals surface area contributed by atoms with Crippen LogP contribution in [0.3, 0.4) is 0 Å². The van der Waals surface area contributed by atoms with Gasteiger partial charge in [0.1, 0.15) is 11.7 Å². The summed E-state index contributed by atoms with van der Waals surface area (Å²) in [6.07, 6.45) is 10.1. The number of allylic oxidation sites excluding steroid dienone is 1. The Morgan fingerprint density at radius 3 is 2.57 bits per heavy atom. The second-order valence-corrected chi connectivity index (χ2v) is 13.1. The van der Waals surface area contributed by atoms with Crippen molar-refractivity contribution in [2.24, 2.45) is 5.41 Å². The summed E-state index contributed by atoms with van der Waals surface area (Å²) in [5, 5.41) is 9.31. The van der Waals surface area contributed by atoms with Gasteiger partial charge in [-0.3, -0.25) is 19.3 Å². The van der Waals surface area contributed by atoms with Gasteiger partial charge in [0.05, 0.1) is 11.4 Å². The summed E-state index contributed by atoms with van der Waals surface area (Å²) in [5.74, 6) is -0.0171. The summed E-state index contributed by atoms with van der Waals surface area (Å²) in [6, 6.07) is 13.4. The molecule has 5 heterocycles. The van der Waals surface area contributed by atoms with Crippen molar-refractivity contribution in [2.75, 3.05) is 23.3 Å². The Labute approximate surface area is 255 Å². The van der Waals surface area contributed by atoms with Crippen molar-refractivity contribution in [3.8, 4) is 0 Å². The highest BCUT2D eigenvalue weighted by Crippen LogP contribution is 2.45. The Morgan fingerprint density at radius 1 is 1.02 bits per heavy atom. The number of carbonyl (C=O) groups is 3. The fraction of sp³-hybridized carbons (Fsp3) is 0.371. The summed E-state index contributed by atoms with van der Waals surface area (Å²) < 4.78 is 2.27. The summed E-state index contributed by atoms with van der Waals surface area (Å²) in [6.45, 7) is 7.53. The largest absolute Gasteiger partial charge is 0.353 e. The van der Waals surface area contributed by atoms with Gasteiger partial charge in [0.25, 0.3) is 5.91 Å². The number of rotatable bonds is 5. The summed E-state index contributed by atoms with van der Waals surface area (Å²) in [4.78, 5) is 48.1. The lowest BCUT2D eigenvalue weighted by Crippen LogP contribution is -2.51. The summed E-state index contributed by atoms with van der Waals surface area (Å²) in [5.41, 5.74) is 4.66. The number of aromatic nitrogens is 2. The van der Waals surface area contributed by atoms with E-state index in [0.717, 1.165) is 84.1 Å². The van der Waals surface area contributed by atoms with E-state index >= 15 is 0 Å². The van der Waals surface area contributed by atoms with Gasteiger partial charge in [-0.2, -0.15) is 0 Å². The third-order valence-electron chi connectivity index (χ3n) is 10.3. The SMILES string of the molecule is C=C1CCC(N2C(=O)c3cccc4c(Nc5cn(C6CCN(C(=O)C7(C)CCC7)CC6)c6ncccc56)ccc2c34)C(=O)N1. The number of amides is 3. The molecule has 1 atom stereocenters. The molecule has 2 aromatic heterocycles. The molecule has 0 bridgehead atoms. The Kier molecular flexibility index (Phi) is 6.08. The monoisotopic (exact) mass is 588 g/mol. The van der Waals surface area contributed by atoms with Crippen LogP contribution in [0, 0.1) is 5.41 Å². The molecule has 2 saturated heterocycles. The predicted molar refractivity (Wildman–Crippen MR) is 171 cm³/mol. The van der Waals surface area contributed by atoms with E-state index in [2.05, 4.69) is 45.9 Å². The van der Waals surface area contributed by atoms with E-state index < -0.39 is 6.04 Å². The number of hydrogen-bond donors (Lipinski definition) is 2. The molecule has 9 heteroatoms. The number of nitrogens with one attached hydrogen (secondary N) is 2. The number of pyridine rings is 1. The molecule has 1 unspecified atom stereocenters. The Bertz CT molecular complexity index is 1880. The van der Waals surface area contributed by atoms with Gasteiger partial charge in [-0.1, -0.05) is 32.1 Å². The molecule has 4 aromatic rings. The Morgan fingerprint density at radius 2 is 1.82 bits per heavy atom. The minimum Gasteiger partial charge on any atom is -0.353 e.